The van der Waals surface area contributed by atoms with E-state index in [-0.39, 0.29) is 24.4 Å². The lowest BCUT2D eigenvalue weighted by molar-refractivity contribution is -0.120. The first-order valence-corrected chi connectivity index (χ1v) is 6.50. The van der Waals surface area contributed by atoms with E-state index in [9.17, 15) is 9.59 Å². The highest BCUT2D eigenvalue weighted by molar-refractivity contribution is 5.78. The number of carbonyl (C=O) groups is 2. The Labute approximate surface area is 117 Å². The molecule has 0 aliphatic carbocycles. The minimum atomic E-state index is -0.328. The van der Waals surface area contributed by atoms with E-state index in [1.54, 1.807) is 21.0 Å². The molecule has 0 saturated heterocycles. The first-order chi connectivity index (χ1) is 9.47. The summed E-state index contributed by atoms with van der Waals surface area (Å²) in [5, 5.41) is 9.01. The van der Waals surface area contributed by atoms with Crippen LogP contribution in [0, 0.1) is 6.92 Å². The van der Waals surface area contributed by atoms with Crippen molar-refractivity contribution in [2.24, 2.45) is 0 Å². The fraction of sp³-hybridized carbons (Fsp3) is 0.667. The zero-order chi connectivity index (χ0) is 15.1. The molecule has 1 heterocycles. The molecule has 20 heavy (non-hydrogen) atoms. The lowest BCUT2D eigenvalue weighted by atomic mass is 10.2. The van der Waals surface area contributed by atoms with Crippen LogP contribution in [-0.4, -0.2) is 47.6 Å². The van der Waals surface area contributed by atoms with Crippen LogP contribution < -0.4 is 10.6 Å². The highest BCUT2D eigenvalue weighted by atomic mass is 16.5. The van der Waals surface area contributed by atoms with E-state index in [4.69, 9.17) is 4.52 Å². The Balaban J connectivity index is 2.52. The molecule has 1 aromatic heterocycles. The van der Waals surface area contributed by atoms with Crippen molar-refractivity contribution in [1.82, 2.24) is 25.7 Å². The Morgan fingerprint density at radius 2 is 2.15 bits per heavy atom. The fourth-order valence-corrected chi connectivity index (χ4v) is 1.55. The molecule has 8 nitrogen and oxygen atoms in total. The summed E-state index contributed by atoms with van der Waals surface area (Å²) in [7, 11) is 3.19. The first kappa shape index (κ1) is 15.9. The molecular formula is C12H21N5O3. The molecule has 1 rings (SSSR count). The number of nitrogens with zero attached hydrogens (tertiary/aromatic N) is 3. The second kappa shape index (κ2) is 7.46. The molecular weight excluding hydrogens is 262 g/mol. The SMILES string of the molecule is CC[C@H](NC(=O)N(C)CCC(=O)NC)c1nc(C)no1. The van der Waals surface area contributed by atoms with Gasteiger partial charge >= 0.3 is 6.03 Å². The monoisotopic (exact) mass is 283 g/mol. The average molecular weight is 283 g/mol. The molecule has 0 spiro atoms. The molecule has 0 aliphatic heterocycles. The Morgan fingerprint density at radius 3 is 2.65 bits per heavy atom. The number of hydrogen-bond acceptors (Lipinski definition) is 5. The lowest BCUT2D eigenvalue weighted by Crippen LogP contribution is -2.40. The van der Waals surface area contributed by atoms with Gasteiger partial charge in [-0.1, -0.05) is 12.1 Å². The van der Waals surface area contributed by atoms with Crippen molar-refractivity contribution in [2.75, 3.05) is 20.6 Å². The Kier molecular flexibility index (Phi) is 5.95. The van der Waals surface area contributed by atoms with Crippen molar-refractivity contribution >= 4 is 11.9 Å². The van der Waals surface area contributed by atoms with E-state index in [1.807, 2.05) is 6.92 Å². The number of nitrogens with one attached hydrogen (secondary N) is 2. The van der Waals surface area contributed by atoms with Crippen LogP contribution in [0.25, 0.3) is 0 Å². The third-order valence-electron chi connectivity index (χ3n) is 2.85. The fourth-order valence-electron chi connectivity index (χ4n) is 1.55. The average Bonchev–Trinajstić information content (AvgIpc) is 2.87. The van der Waals surface area contributed by atoms with Crippen molar-refractivity contribution < 1.29 is 14.1 Å². The maximum Gasteiger partial charge on any atom is 0.317 e. The molecule has 0 unspecified atom stereocenters. The summed E-state index contributed by atoms with van der Waals surface area (Å²) in [5.74, 6) is 0.808. The van der Waals surface area contributed by atoms with Crippen molar-refractivity contribution in [3.8, 4) is 0 Å². The summed E-state index contributed by atoms with van der Waals surface area (Å²) >= 11 is 0. The van der Waals surface area contributed by atoms with Gasteiger partial charge in [0.25, 0.3) is 0 Å². The van der Waals surface area contributed by atoms with Crippen molar-refractivity contribution in [2.45, 2.75) is 32.7 Å². The number of rotatable bonds is 6. The first-order valence-electron chi connectivity index (χ1n) is 6.50. The normalized spacial score (nSPS) is 11.8. The molecule has 0 aliphatic rings. The van der Waals surface area contributed by atoms with Gasteiger partial charge in [0.1, 0.15) is 6.04 Å². The predicted molar refractivity (Wildman–Crippen MR) is 71.9 cm³/mol. The largest absolute Gasteiger partial charge is 0.359 e. The third kappa shape index (κ3) is 4.52. The minimum Gasteiger partial charge on any atom is -0.359 e. The van der Waals surface area contributed by atoms with Gasteiger partial charge in [-0.05, 0) is 13.3 Å². The Morgan fingerprint density at radius 1 is 1.45 bits per heavy atom. The molecule has 0 fully saturated rings. The molecule has 0 aromatic carbocycles. The van der Waals surface area contributed by atoms with Crippen LogP contribution in [0.2, 0.25) is 0 Å². The summed E-state index contributed by atoms with van der Waals surface area (Å²) in [6.07, 6.45) is 0.896. The van der Waals surface area contributed by atoms with Gasteiger partial charge in [0.2, 0.25) is 11.8 Å². The summed E-state index contributed by atoms with van der Waals surface area (Å²) in [4.78, 5) is 28.7. The van der Waals surface area contributed by atoms with E-state index in [0.717, 1.165) is 0 Å². The maximum atomic E-state index is 12.0. The maximum absolute atomic E-state index is 12.0. The predicted octanol–water partition coefficient (Wildman–Crippen LogP) is 0.607. The molecule has 1 aromatic rings. The lowest BCUT2D eigenvalue weighted by Gasteiger charge is -2.20. The zero-order valence-corrected chi connectivity index (χ0v) is 12.3. The third-order valence-corrected chi connectivity index (χ3v) is 2.85. The van der Waals surface area contributed by atoms with E-state index in [0.29, 0.717) is 24.7 Å². The number of urea groups is 1. The summed E-state index contributed by atoms with van der Waals surface area (Å²) in [5.41, 5.74) is 0. The second-order valence-corrected chi connectivity index (χ2v) is 4.43. The van der Waals surface area contributed by atoms with Crippen molar-refractivity contribution in [3.05, 3.63) is 11.7 Å². The van der Waals surface area contributed by atoms with Gasteiger partial charge < -0.3 is 20.1 Å². The Bertz CT molecular complexity index is 460. The molecule has 0 saturated carbocycles. The number of hydrogen-bond donors (Lipinski definition) is 2. The summed E-state index contributed by atoms with van der Waals surface area (Å²) in [6, 6.07) is -0.609. The van der Waals surface area contributed by atoms with Gasteiger partial charge in [0.05, 0.1) is 0 Å². The van der Waals surface area contributed by atoms with Gasteiger partial charge in [0.15, 0.2) is 5.82 Å². The molecule has 0 radical (unpaired) electrons. The molecule has 8 heteroatoms. The summed E-state index contributed by atoms with van der Waals surface area (Å²) in [6.45, 7) is 3.97. The van der Waals surface area contributed by atoms with Crippen molar-refractivity contribution in [1.29, 1.82) is 0 Å². The van der Waals surface area contributed by atoms with E-state index in [1.165, 1.54) is 4.90 Å². The highest BCUT2D eigenvalue weighted by Crippen LogP contribution is 2.14. The van der Waals surface area contributed by atoms with Crippen LogP contribution in [0.1, 0.15) is 37.5 Å². The molecule has 1 atom stereocenters. The topological polar surface area (TPSA) is 100 Å². The zero-order valence-electron chi connectivity index (χ0n) is 12.3. The molecule has 3 amide bonds. The van der Waals surface area contributed by atoms with E-state index < -0.39 is 0 Å². The van der Waals surface area contributed by atoms with Gasteiger partial charge in [-0.25, -0.2) is 4.79 Å². The van der Waals surface area contributed by atoms with Gasteiger partial charge in [-0.3, -0.25) is 4.79 Å². The van der Waals surface area contributed by atoms with Crippen LogP contribution in [-0.2, 0) is 4.79 Å². The quantitative estimate of drug-likeness (QED) is 0.796. The van der Waals surface area contributed by atoms with Crippen LogP contribution in [0.5, 0.6) is 0 Å². The highest BCUT2D eigenvalue weighted by Gasteiger charge is 2.20. The number of amides is 3. The number of carbonyl (C=O) groups excluding carboxylic acids is 2. The number of aryl methyl sites for hydroxylation is 1. The van der Waals surface area contributed by atoms with Crippen molar-refractivity contribution in [3.63, 3.8) is 0 Å². The molecule has 112 valence electrons. The minimum absolute atomic E-state index is 0.107. The van der Waals surface area contributed by atoms with Gasteiger partial charge in [0, 0.05) is 27.1 Å². The smallest absolute Gasteiger partial charge is 0.317 e. The standard InChI is InChI=1S/C12H21N5O3/c1-5-9(11-14-8(2)16-20-11)15-12(19)17(4)7-6-10(18)13-3/h9H,5-7H2,1-4H3,(H,13,18)(H,15,19)/t9-/m0/s1. The molecule has 0 bridgehead atoms. The van der Waals surface area contributed by atoms with Crippen LogP contribution in [0.15, 0.2) is 4.52 Å². The van der Waals surface area contributed by atoms with Crippen LogP contribution >= 0.6 is 0 Å². The van der Waals surface area contributed by atoms with E-state index >= 15 is 0 Å². The van der Waals surface area contributed by atoms with Crippen LogP contribution in [0.3, 0.4) is 0 Å². The van der Waals surface area contributed by atoms with Gasteiger partial charge in [-0.15, -0.1) is 0 Å². The van der Waals surface area contributed by atoms with E-state index in [2.05, 4.69) is 20.8 Å². The number of aromatic nitrogens is 2. The summed E-state index contributed by atoms with van der Waals surface area (Å²) < 4.78 is 5.06. The van der Waals surface area contributed by atoms with Gasteiger partial charge in [-0.2, -0.15) is 4.98 Å². The Hall–Kier alpha value is -2.12. The second-order valence-electron chi connectivity index (χ2n) is 4.43. The molecule has 2 N–H and O–H groups in total. The van der Waals surface area contributed by atoms with Crippen LogP contribution in [0.4, 0.5) is 4.79 Å².